The van der Waals surface area contributed by atoms with Crippen LogP contribution in [0.25, 0.3) is 0 Å². The van der Waals surface area contributed by atoms with Crippen molar-refractivity contribution in [1.82, 2.24) is 4.90 Å². The van der Waals surface area contributed by atoms with E-state index in [9.17, 15) is 9.59 Å². The van der Waals surface area contributed by atoms with Crippen molar-refractivity contribution in [2.24, 2.45) is 5.41 Å². The molecule has 4 nitrogen and oxygen atoms in total. The van der Waals surface area contributed by atoms with Gasteiger partial charge >= 0.3 is 6.09 Å². The molecule has 0 aromatic carbocycles. The molecule has 0 aromatic heterocycles. The summed E-state index contributed by atoms with van der Waals surface area (Å²) < 4.78 is 5.43. The molecule has 1 heterocycles. The maximum Gasteiger partial charge on any atom is 0.410 e. The van der Waals surface area contributed by atoms with Crippen molar-refractivity contribution in [2.75, 3.05) is 13.2 Å². The van der Waals surface area contributed by atoms with Gasteiger partial charge in [-0.2, -0.15) is 0 Å². The Balaban J connectivity index is 2.02. The van der Waals surface area contributed by atoms with Gasteiger partial charge in [0.25, 0.3) is 0 Å². The van der Waals surface area contributed by atoms with Gasteiger partial charge < -0.3 is 4.74 Å². The van der Waals surface area contributed by atoms with Crippen molar-refractivity contribution >= 4 is 11.9 Å². The first-order chi connectivity index (χ1) is 11.4. The van der Waals surface area contributed by atoms with Crippen molar-refractivity contribution in [1.29, 1.82) is 0 Å². The smallest absolute Gasteiger partial charge is 0.410 e. The molecule has 1 saturated heterocycles. The molecule has 4 heteroatoms. The van der Waals surface area contributed by atoms with Crippen LogP contribution in [0.1, 0.15) is 33.6 Å². The second-order valence-corrected chi connectivity index (χ2v) is 6.99. The highest BCUT2D eigenvalue weighted by atomic mass is 16.6. The van der Waals surface area contributed by atoms with E-state index in [1.807, 2.05) is 19.1 Å². The van der Waals surface area contributed by atoms with E-state index in [0.29, 0.717) is 13.0 Å². The molecule has 2 aliphatic rings. The van der Waals surface area contributed by atoms with Gasteiger partial charge in [-0.3, -0.25) is 9.69 Å². The van der Waals surface area contributed by atoms with Crippen LogP contribution >= 0.6 is 0 Å². The Hall–Kier alpha value is -2.10. The first-order valence-corrected chi connectivity index (χ1v) is 8.35. The molecule has 129 valence electrons. The SMILES string of the molecule is C=C/C=C\C(=C/C)COC(=O)N1CCC(C)(C)CC1C(=O)C1=C[CH]1. The number of hydrogen-bond acceptors (Lipinski definition) is 3. The number of amides is 1. The molecule has 1 unspecified atom stereocenters. The van der Waals surface area contributed by atoms with E-state index in [0.717, 1.165) is 17.6 Å². The third kappa shape index (κ3) is 4.70. The first kappa shape index (κ1) is 18.2. The Morgan fingerprint density at radius 3 is 2.75 bits per heavy atom. The molecule has 24 heavy (non-hydrogen) atoms. The van der Waals surface area contributed by atoms with E-state index >= 15 is 0 Å². The van der Waals surface area contributed by atoms with E-state index in [1.54, 1.807) is 29.5 Å². The lowest BCUT2D eigenvalue weighted by Gasteiger charge is -2.41. The Morgan fingerprint density at radius 1 is 1.46 bits per heavy atom. The highest BCUT2D eigenvalue weighted by Crippen LogP contribution is 2.36. The van der Waals surface area contributed by atoms with Gasteiger partial charge in [0.1, 0.15) is 6.61 Å². The number of nitrogens with zero attached hydrogens (tertiary/aromatic N) is 1. The lowest BCUT2D eigenvalue weighted by atomic mass is 9.77. The van der Waals surface area contributed by atoms with Crippen LogP contribution in [0, 0.1) is 11.8 Å². The molecule has 1 aliphatic carbocycles. The number of carbonyl (C=O) groups excluding carboxylic acids is 2. The summed E-state index contributed by atoms with van der Waals surface area (Å²) in [6.07, 6.45) is 11.9. The van der Waals surface area contributed by atoms with Gasteiger partial charge in [0.05, 0.1) is 6.04 Å². The molecular formula is C20H26NO3. The fourth-order valence-corrected chi connectivity index (χ4v) is 2.81. The van der Waals surface area contributed by atoms with Gasteiger partial charge in [-0.15, -0.1) is 0 Å². The van der Waals surface area contributed by atoms with Gasteiger partial charge in [-0.05, 0) is 30.8 Å². The summed E-state index contributed by atoms with van der Waals surface area (Å²) in [4.78, 5) is 26.6. The third-order valence-electron chi connectivity index (χ3n) is 4.49. The Labute approximate surface area is 144 Å². The van der Waals surface area contributed by atoms with Crippen molar-refractivity contribution in [3.8, 4) is 0 Å². The minimum absolute atomic E-state index is 0.0255. The van der Waals surface area contributed by atoms with E-state index in [1.165, 1.54) is 0 Å². The van der Waals surface area contributed by atoms with Gasteiger partial charge in [0, 0.05) is 18.5 Å². The number of hydrogen-bond donors (Lipinski definition) is 0. The zero-order valence-corrected chi connectivity index (χ0v) is 14.7. The quantitative estimate of drug-likeness (QED) is 0.692. The van der Waals surface area contributed by atoms with Crippen LogP contribution in [0.15, 0.2) is 48.1 Å². The lowest BCUT2D eigenvalue weighted by Crippen LogP contribution is -2.52. The first-order valence-electron chi connectivity index (χ1n) is 8.35. The molecule has 1 fully saturated rings. The zero-order valence-electron chi connectivity index (χ0n) is 14.7. The zero-order chi connectivity index (χ0) is 17.7. The summed E-state index contributed by atoms with van der Waals surface area (Å²) in [6, 6.07) is -0.427. The van der Waals surface area contributed by atoms with Crippen LogP contribution in [0.4, 0.5) is 4.79 Å². The lowest BCUT2D eigenvalue weighted by molar-refractivity contribution is -0.122. The number of ketones is 1. The van der Waals surface area contributed by atoms with Crippen LogP contribution in [0.2, 0.25) is 0 Å². The number of carbonyl (C=O) groups is 2. The molecule has 0 bridgehead atoms. The topological polar surface area (TPSA) is 46.6 Å². The number of likely N-dealkylation sites (tertiary alicyclic amines) is 1. The van der Waals surface area contributed by atoms with Crippen LogP contribution in [0.3, 0.4) is 0 Å². The second kappa shape index (κ2) is 7.65. The van der Waals surface area contributed by atoms with Crippen molar-refractivity contribution in [2.45, 2.75) is 39.7 Å². The summed E-state index contributed by atoms with van der Waals surface area (Å²) in [5, 5.41) is 0. The molecule has 0 N–H and O–H groups in total. The average molecular weight is 328 g/mol. The fraction of sp³-hybridized carbons (Fsp3) is 0.450. The molecule has 1 aliphatic heterocycles. The molecule has 1 amide bonds. The highest BCUT2D eigenvalue weighted by molar-refractivity contribution is 6.07. The van der Waals surface area contributed by atoms with Crippen LogP contribution in [-0.2, 0) is 9.53 Å². The average Bonchev–Trinajstić information content (AvgIpc) is 3.38. The monoisotopic (exact) mass is 328 g/mol. The maximum absolute atomic E-state index is 12.5. The standard InChI is InChI=1S/C20H26NO3/c1-5-7-8-15(6-2)14-24-19(23)21-12-11-20(3,4)13-17(21)18(22)16-9-10-16/h5-10,17H,1,11-14H2,2-4H3/b8-7-,15-6+. The second-order valence-electron chi connectivity index (χ2n) is 6.99. The molecule has 1 radical (unpaired) electrons. The summed E-state index contributed by atoms with van der Waals surface area (Å²) >= 11 is 0. The molecule has 2 rings (SSSR count). The summed E-state index contributed by atoms with van der Waals surface area (Å²) in [6.45, 7) is 10.5. The van der Waals surface area contributed by atoms with Crippen LogP contribution < -0.4 is 0 Å². The highest BCUT2D eigenvalue weighted by Gasteiger charge is 2.42. The minimum atomic E-state index is -0.427. The van der Waals surface area contributed by atoms with Crippen molar-refractivity contribution in [3.63, 3.8) is 0 Å². The van der Waals surface area contributed by atoms with E-state index < -0.39 is 12.1 Å². The summed E-state index contributed by atoms with van der Waals surface area (Å²) in [7, 11) is 0. The van der Waals surface area contributed by atoms with E-state index in [4.69, 9.17) is 4.74 Å². The number of ether oxygens (including phenoxy) is 1. The van der Waals surface area contributed by atoms with Crippen LogP contribution in [0.5, 0.6) is 0 Å². The third-order valence-corrected chi connectivity index (χ3v) is 4.49. The van der Waals surface area contributed by atoms with E-state index in [2.05, 4.69) is 20.4 Å². The molecule has 0 aromatic rings. The van der Waals surface area contributed by atoms with E-state index in [-0.39, 0.29) is 17.8 Å². The maximum atomic E-state index is 12.5. The Bertz CT molecular complexity index is 610. The molecular weight excluding hydrogens is 302 g/mol. The Morgan fingerprint density at radius 2 is 2.17 bits per heavy atom. The normalized spacial score (nSPS) is 23.0. The number of Topliss-reactive ketones (excluding diaryl/α,β-unsaturated/α-hetero) is 1. The molecule has 0 saturated carbocycles. The van der Waals surface area contributed by atoms with Crippen LogP contribution in [-0.4, -0.2) is 36.0 Å². The Kier molecular flexibility index (Phi) is 5.81. The molecule has 0 spiro atoms. The van der Waals surface area contributed by atoms with Gasteiger partial charge in [-0.1, -0.05) is 50.8 Å². The van der Waals surface area contributed by atoms with Gasteiger partial charge in [0.2, 0.25) is 0 Å². The summed E-state index contributed by atoms with van der Waals surface area (Å²) in [5.41, 5.74) is 1.66. The molecule has 1 atom stereocenters. The predicted octanol–water partition coefficient (Wildman–Crippen LogP) is 4.02. The number of piperidine rings is 1. The number of allylic oxidation sites excluding steroid dienone is 4. The van der Waals surface area contributed by atoms with Gasteiger partial charge in [0.15, 0.2) is 5.78 Å². The number of rotatable bonds is 6. The van der Waals surface area contributed by atoms with Crippen molar-refractivity contribution < 1.29 is 14.3 Å². The van der Waals surface area contributed by atoms with Crippen molar-refractivity contribution in [3.05, 3.63) is 54.5 Å². The van der Waals surface area contributed by atoms with Gasteiger partial charge in [-0.25, -0.2) is 4.79 Å². The summed E-state index contributed by atoms with van der Waals surface area (Å²) in [5.74, 6) is 0.0255. The fourth-order valence-electron chi connectivity index (χ4n) is 2.81. The largest absolute Gasteiger partial charge is 0.445 e. The minimum Gasteiger partial charge on any atom is -0.445 e. The predicted molar refractivity (Wildman–Crippen MR) is 95.3 cm³/mol.